The fourth-order valence-electron chi connectivity index (χ4n) is 2.43. The summed E-state index contributed by atoms with van der Waals surface area (Å²) >= 11 is 0. The molecule has 0 saturated heterocycles. The fraction of sp³-hybridized carbons (Fsp3) is 0. The molecule has 0 spiro atoms. The van der Waals surface area contributed by atoms with Crippen LogP contribution in [0.4, 0.5) is 11.6 Å². The third-order valence-corrected chi connectivity index (χ3v) is 3.42. The minimum atomic E-state index is 0.823. The first-order chi connectivity index (χ1) is 10.4. The smallest absolute Gasteiger partial charge is 0.132 e. The van der Waals surface area contributed by atoms with E-state index in [2.05, 4.69) is 27.4 Å². The maximum atomic E-state index is 4.58. The third kappa shape index (κ3) is 2.30. The van der Waals surface area contributed by atoms with Crippen molar-refractivity contribution < 1.29 is 0 Å². The van der Waals surface area contributed by atoms with Gasteiger partial charge in [-0.3, -0.25) is 0 Å². The van der Waals surface area contributed by atoms with Crippen LogP contribution in [0.3, 0.4) is 0 Å². The Hall–Kier alpha value is -2.94. The highest BCUT2D eigenvalue weighted by Gasteiger charge is 2.10. The number of fused-ring (bicyclic) bond motifs is 2. The molecule has 2 aliphatic heterocycles. The quantitative estimate of drug-likeness (QED) is 0.586. The SMILES string of the molecule is c1ccc2cc(Nc3cc4cccccc-4n3)nc-2cc1. The molecule has 0 aromatic carbocycles. The Balaban J connectivity index is 1.71. The number of anilines is 2. The van der Waals surface area contributed by atoms with E-state index < -0.39 is 0 Å². The largest absolute Gasteiger partial charge is 0.325 e. The molecule has 2 aliphatic carbocycles. The van der Waals surface area contributed by atoms with Crippen LogP contribution in [0.1, 0.15) is 0 Å². The van der Waals surface area contributed by atoms with Crippen LogP contribution < -0.4 is 5.32 Å². The fourth-order valence-corrected chi connectivity index (χ4v) is 2.43. The highest BCUT2D eigenvalue weighted by atomic mass is 15.1. The van der Waals surface area contributed by atoms with Gasteiger partial charge in [0.1, 0.15) is 11.6 Å². The molecule has 0 atom stereocenters. The van der Waals surface area contributed by atoms with Crippen LogP contribution in [0.5, 0.6) is 0 Å². The molecule has 0 saturated carbocycles. The van der Waals surface area contributed by atoms with Crippen LogP contribution in [0.25, 0.3) is 22.5 Å². The molecule has 0 unspecified atom stereocenters. The lowest BCUT2D eigenvalue weighted by molar-refractivity contribution is 1.33. The topological polar surface area (TPSA) is 37.8 Å². The summed E-state index contributed by atoms with van der Waals surface area (Å²) in [7, 11) is 0. The zero-order valence-electron chi connectivity index (χ0n) is 11.3. The summed E-state index contributed by atoms with van der Waals surface area (Å²) in [6.07, 6.45) is 0. The van der Waals surface area contributed by atoms with Crippen molar-refractivity contribution in [3.8, 4) is 22.5 Å². The van der Waals surface area contributed by atoms with Crippen LogP contribution in [0.2, 0.25) is 0 Å². The summed E-state index contributed by atoms with van der Waals surface area (Å²) in [5.74, 6) is 1.65. The second-order valence-corrected chi connectivity index (χ2v) is 4.91. The van der Waals surface area contributed by atoms with E-state index in [1.807, 2.05) is 60.7 Å². The van der Waals surface area contributed by atoms with Gasteiger partial charge in [0.05, 0.1) is 11.4 Å². The average molecular weight is 271 g/mol. The molecule has 2 heterocycles. The molecule has 0 aromatic heterocycles. The number of nitrogens with one attached hydrogen (secondary N) is 1. The van der Waals surface area contributed by atoms with E-state index in [1.54, 1.807) is 0 Å². The molecule has 0 radical (unpaired) electrons. The summed E-state index contributed by atoms with van der Waals surface area (Å²) in [6, 6.07) is 24.2. The lowest BCUT2D eigenvalue weighted by Crippen LogP contribution is -1.89. The van der Waals surface area contributed by atoms with Gasteiger partial charge in [-0.2, -0.15) is 0 Å². The lowest BCUT2D eigenvalue weighted by atomic mass is 10.2. The van der Waals surface area contributed by atoms with Crippen LogP contribution in [-0.4, -0.2) is 9.97 Å². The summed E-state index contributed by atoms with van der Waals surface area (Å²) in [6.45, 7) is 0. The second-order valence-electron chi connectivity index (χ2n) is 4.91. The van der Waals surface area contributed by atoms with Gasteiger partial charge in [0.25, 0.3) is 0 Å². The van der Waals surface area contributed by atoms with Crippen LogP contribution in [-0.2, 0) is 0 Å². The van der Waals surface area contributed by atoms with Gasteiger partial charge in [-0.05, 0) is 24.3 Å². The Morgan fingerprint density at radius 3 is 1.57 bits per heavy atom. The van der Waals surface area contributed by atoms with Crippen LogP contribution >= 0.6 is 0 Å². The van der Waals surface area contributed by atoms with Gasteiger partial charge in [0, 0.05) is 11.1 Å². The molecule has 1 N–H and O–H groups in total. The van der Waals surface area contributed by atoms with Crippen LogP contribution in [0.15, 0.2) is 72.8 Å². The van der Waals surface area contributed by atoms with Crippen molar-refractivity contribution in [1.29, 1.82) is 0 Å². The van der Waals surface area contributed by atoms with Crippen LogP contribution in [0, 0.1) is 0 Å². The highest BCUT2D eigenvalue weighted by Crippen LogP contribution is 2.29. The maximum Gasteiger partial charge on any atom is 0.132 e. The molecule has 0 fully saturated rings. The number of rotatable bonds is 2. The van der Waals surface area contributed by atoms with E-state index in [0.717, 1.165) is 34.2 Å². The van der Waals surface area contributed by atoms with Crippen molar-refractivity contribution in [2.24, 2.45) is 0 Å². The molecule has 0 aromatic rings. The minimum Gasteiger partial charge on any atom is -0.325 e. The first kappa shape index (κ1) is 11.9. The molecule has 0 bridgehead atoms. The van der Waals surface area contributed by atoms with E-state index in [0.29, 0.717) is 0 Å². The van der Waals surface area contributed by atoms with E-state index in [4.69, 9.17) is 0 Å². The molecular formula is C18H13N3. The summed E-state index contributed by atoms with van der Waals surface area (Å²) in [5.41, 5.74) is 4.19. The summed E-state index contributed by atoms with van der Waals surface area (Å²) in [5, 5.41) is 3.28. The van der Waals surface area contributed by atoms with Gasteiger partial charge < -0.3 is 5.32 Å². The van der Waals surface area contributed by atoms with E-state index in [9.17, 15) is 0 Å². The lowest BCUT2D eigenvalue weighted by Gasteiger charge is -1.95. The van der Waals surface area contributed by atoms with Gasteiger partial charge in [0.15, 0.2) is 0 Å². The molecule has 21 heavy (non-hydrogen) atoms. The molecule has 3 nitrogen and oxygen atoms in total. The Kier molecular flexibility index (Phi) is 2.75. The standard InChI is InChI=1S/C18H13N3/c1-3-7-13-11-17(19-15(13)9-5-1)21-18-12-14-8-4-2-6-10-16(14)20-18/h1-12H,(H,19,20,21). The van der Waals surface area contributed by atoms with Gasteiger partial charge in [-0.25, -0.2) is 9.97 Å². The van der Waals surface area contributed by atoms with E-state index in [-0.39, 0.29) is 0 Å². The number of hydrogen-bond acceptors (Lipinski definition) is 3. The molecule has 3 heteroatoms. The Morgan fingerprint density at radius 2 is 1.05 bits per heavy atom. The number of aromatic nitrogens is 2. The van der Waals surface area contributed by atoms with Crippen molar-refractivity contribution in [3.05, 3.63) is 72.8 Å². The average Bonchev–Trinajstić information content (AvgIpc) is 2.87. The monoisotopic (exact) mass is 271 g/mol. The predicted molar refractivity (Wildman–Crippen MR) is 85.0 cm³/mol. The molecule has 100 valence electrons. The van der Waals surface area contributed by atoms with Gasteiger partial charge in [0.2, 0.25) is 0 Å². The first-order valence-electron chi connectivity index (χ1n) is 6.87. The first-order valence-corrected chi connectivity index (χ1v) is 6.87. The highest BCUT2D eigenvalue weighted by molar-refractivity contribution is 5.73. The zero-order valence-corrected chi connectivity index (χ0v) is 11.3. The summed E-state index contributed by atoms with van der Waals surface area (Å²) in [4.78, 5) is 9.16. The summed E-state index contributed by atoms with van der Waals surface area (Å²) < 4.78 is 0. The molecule has 4 aliphatic rings. The van der Waals surface area contributed by atoms with E-state index in [1.165, 1.54) is 0 Å². The van der Waals surface area contributed by atoms with Crippen molar-refractivity contribution in [1.82, 2.24) is 9.97 Å². The van der Waals surface area contributed by atoms with Crippen molar-refractivity contribution in [2.75, 3.05) is 5.32 Å². The minimum absolute atomic E-state index is 0.823. The van der Waals surface area contributed by atoms with Crippen molar-refractivity contribution in [2.45, 2.75) is 0 Å². The predicted octanol–water partition coefficient (Wildman–Crippen LogP) is 4.43. The van der Waals surface area contributed by atoms with Gasteiger partial charge in [-0.15, -0.1) is 0 Å². The zero-order chi connectivity index (χ0) is 14.1. The maximum absolute atomic E-state index is 4.58. The van der Waals surface area contributed by atoms with Gasteiger partial charge in [-0.1, -0.05) is 48.5 Å². The Labute approximate surface area is 123 Å². The second kappa shape index (κ2) is 4.87. The van der Waals surface area contributed by atoms with Gasteiger partial charge >= 0.3 is 0 Å². The number of nitrogens with zero attached hydrogens (tertiary/aromatic N) is 2. The molecule has 0 amide bonds. The number of hydrogen-bond donors (Lipinski definition) is 1. The third-order valence-electron chi connectivity index (χ3n) is 3.42. The van der Waals surface area contributed by atoms with Crippen molar-refractivity contribution >= 4 is 11.6 Å². The molecule has 4 rings (SSSR count). The normalized spacial score (nSPS) is 10.9. The molecular weight excluding hydrogens is 258 g/mol. The Morgan fingerprint density at radius 1 is 0.571 bits per heavy atom. The van der Waals surface area contributed by atoms with Crippen molar-refractivity contribution in [3.63, 3.8) is 0 Å². The van der Waals surface area contributed by atoms with E-state index >= 15 is 0 Å². The Bertz CT molecular complexity index is 709.